The van der Waals surface area contributed by atoms with Crippen LogP contribution in [-0.2, 0) is 10.2 Å². The van der Waals surface area contributed by atoms with Crippen LogP contribution in [0.15, 0.2) is 0 Å². The predicted molar refractivity (Wildman–Crippen MR) is 69.8 cm³/mol. The summed E-state index contributed by atoms with van der Waals surface area (Å²) in [5.74, 6) is 0. The lowest BCUT2D eigenvalue weighted by Crippen LogP contribution is -2.56. The van der Waals surface area contributed by atoms with E-state index in [0.717, 1.165) is 25.7 Å². The van der Waals surface area contributed by atoms with Crippen LogP contribution in [0.3, 0.4) is 0 Å². The average molecular weight is 263 g/mol. The first kappa shape index (κ1) is 14.9. The summed E-state index contributed by atoms with van der Waals surface area (Å²) in [7, 11) is -0.126. The lowest BCUT2D eigenvalue weighted by atomic mass is 9.98. The molecule has 6 heteroatoms. The molecular formula is C11H25N3O2S. The van der Waals surface area contributed by atoms with E-state index in [9.17, 15) is 8.42 Å². The van der Waals surface area contributed by atoms with Crippen LogP contribution in [0.1, 0.15) is 39.5 Å². The van der Waals surface area contributed by atoms with E-state index in [-0.39, 0.29) is 11.6 Å². The molecule has 0 bridgehead atoms. The summed E-state index contributed by atoms with van der Waals surface area (Å²) in [5.41, 5.74) is 5.44. The molecule has 0 amide bonds. The number of nitrogens with two attached hydrogens (primary N) is 1. The highest BCUT2D eigenvalue weighted by Crippen LogP contribution is 2.35. The molecule has 0 atom stereocenters. The second-order valence-electron chi connectivity index (χ2n) is 5.22. The van der Waals surface area contributed by atoms with E-state index in [1.165, 1.54) is 8.61 Å². The van der Waals surface area contributed by atoms with Crippen molar-refractivity contribution < 1.29 is 8.42 Å². The molecule has 0 aromatic carbocycles. The van der Waals surface area contributed by atoms with Crippen molar-refractivity contribution in [2.75, 3.05) is 20.6 Å². The van der Waals surface area contributed by atoms with Gasteiger partial charge in [-0.15, -0.1) is 0 Å². The Morgan fingerprint density at radius 1 is 1.24 bits per heavy atom. The number of likely N-dealkylation sites (N-methyl/N-ethyl adjacent to an activating group) is 1. The summed E-state index contributed by atoms with van der Waals surface area (Å²) in [6.45, 7) is 4.14. The molecule has 1 rings (SSSR count). The fraction of sp³-hybridized carbons (Fsp3) is 1.00. The minimum atomic E-state index is -3.41. The molecule has 0 aromatic heterocycles. The predicted octanol–water partition coefficient (Wildman–Crippen LogP) is 0.775. The second kappa shape index (κ2) is 5.22. The van der Waals surface area contributed by atoms with Crippen LogP contribution in [0, 0.1) is 0 Å². The van der Waals surface area contributed by atoms with E-state index in [2.05, 4.69) is 0 Å². The molecule has 0 saturated heterocycles. The molecule has 17 heavy (non-hydrogen) atoms. The Morgan fingerprint density at radius 3 is 2.06 bits per heavy atom. The van der Waals surface area contributed by atoms with Gasteiger partial charge >= 0.3 is 0 Å². The maximum atomic E-state index is 12.4. The zero-order valence-electron chi connectivity index (χ0n) is 11.3. The fourth-order valence-electron chi connectivity index (χ4n) is 2.39. The molecule has 5 nitrogen and oxygen atoms in total. The minimum Gasteiger partial charge on any atom is -0.329 e. The van der Waals surface area contributed by atoms with Crippen molar-refractivity contribution in [3.63, 3.8) is 0 Å². The van der Waals surface area contributed by atoms with E-state index in [1.54, 1.807) is 14.1 Å². The lowest BCUT2D eigenvalue weighted by molar-refractivity contribution is 0.212. The van der Waals surface area contributed by atoms with E-state index < -0.39 is 10.2 Å². The summed E-state index contributed by atoms with van der Waals surface area (Å²) in [4.78, 5) is 0. The van der Waals surface area contributed by atoms with Crippen molar-refractivity contribution in [3.8, 4) is 0 Å². The fourth-order valence-corrected chi connectivity index (χ4v) is 4.05. The van der Waals surface area contributed by atoms with Crippen molar-refractivity contribution >= 4 is 10.2 Å². The summed E-state index contributed by atoms with van der Waals surface area (Å²) in [6, 6.07) is -0.0429. The van der Waals surface area contributed by atoms with Crippen LogP contribution in [0.2, 0.25) is 0 Å². The van der Waals surface area contributed by atoms with Crippen LogP contribution in [-0.4, -0.2) is 49.2 Å². The van der Waals surface area contributed by atoms with Crippen LogP contribution in [0.5, 0.6) is 0 Å². The third-order valence-corrected chi connectivity index (χ3v) is 6.25. The Morgan fingerprint density at radius 2 is 1.71 bits per heavy atom. The smallest absolute Gasteiger partial charge is 0.282 e. The normalized spacial score (nSPS) is 20.7. The molecule has 102 valence electrons. The van der Waals surface area contributed by atoms with Crippen LogP contribution in [0.4, 0.5) is 0 Å². The molecule has 0 radical (unpaired) electrons. The molecule has 0 heterocycles. The number of hydrogen-bond acceptors (Lipinski definition) is 3. The number of rotatable bonds is 5. The van der Waals surface area contributed by atoms with Crippen LogP contribution in [0.25, 0.3) is 0 Å². The van der Waals surface area contributed by atoms with E-state index in [0.29, 0.717) is 6.54 Å². The van der Waals surface area contributed by atoms with Crippen LogP contribution >= 0.6 is 0 Å². The molecule has 1 saturated carbocycles. The first-order chi connectivity index (χ1) is 7.78. The molecule has 1 aliphatic carbocycles. The molecule has 1 fully saturated rings. The highest BCUT2D eigenvalue weighted by atomic mass is 32.2. The Kier molecular flexibility index (Phi) is 4.57. The topological polar surface area (TPSA) is 66.6 Å². The first-order valence-corrected chi connectivity index (χ1v) is 7.60. The van der Waals surface area contributed by atoms with Gasteiger partial charge in [0.15, 0.2) is 0 Å². The number of nitrogens with zero attached hydrogens (tertiary/aromatic N) is 2. The number of hydrogen-bond donors (Lipinski definition) is 1. The maximum absolute atomic E-state index is 12.4. The third-order valence-electron chi connectivity index (χ3n) is 4.02. The van der Waals surface area contributed by atoms with Crippen molar-refractivity contribution in [1.82, 2.24) is 8.61 Å². The van der Waals surface area contributed by atoms with Gasteiger partial charge in [0.05, 0.1) is 0 Å². The summed E-state index contributed by atoms with van der Waals surface area (Å²) in [5, 5.41) is 0. The van der Waals surface area contributed by atoms with Crippen molar-refractivity contribution in [2.24, 2.45) is 5.73 Å². The van der Waals surface area contributed by atoms with Gasteiger partial charge < -0.3 is 5.73 Å². The zero-order chi connectivity index (χ0) is 13.3. The zero-order valence-corrected chi connectivity index (χ0v) is 12.1. The Hall–Kier alpha value is -0.170. The van der Waals surface area contributed by atoms with Gasteiger partial charge in [0.1, 0.15) is 0 Å². The van der Waals surface area contributed by atoms with E-state index in [4.69, 9.17) is 5.73 Å². The van der Waals surface area contributed by atoms with E-state index >= 15 is 0 Å². The van der Waals surface area contributed by atoms with Gasteiger partial charge in [0.2, 0.25) is 0 Å². The van der Waals surface area contributed by atoms with Gasteiger partial charge in [-0.05, 0) is 26.7 Å². The van der Waals surface area contributed by atoms with Gasteiger partial charge in [-0.2, -0.15) is 17.0 Å². The molecule has 0 spiro atoms. The molecule has 1 aliphatic rings. The summed E-state index contributed by atoms with van der Waals surface area (Å²) in [6.07, 6.45) is 3.85. The quantitative estimate of drug-likeness (QED) is 0.797. The van der Waals surface area contributed by atoms with E-state index in [1.807, 2.05) is 13.8 Å². The van der Waals surface area contributed by atoms with Gasteiger partial charge in [-0.25, -0.2) is 0 Å². The standard InChI is InChI=1S/C11H25N3O2S/c1-10(2)13(3)17(15,16)14(4)11(9-12)7-5-6-8-11/h10H,5-9,12H2,1-4H3. The monoisotopic (exact) mass is 263 g/mol. The molecular weight excluding hydrogens is 238 g/mol. The van der Waals surface area contributed by atoms with Crippen molar-refractivity contribution in [1.29, 1.82) is 0 Å². The molecule has 0 aliphatic heterocycles. The van der Waals surface area contributed by atoms with Crippen LogP contribution < -0.4 is 5.73 Å². The van der Waals surface area contributed by atoms with Crippen molar-refractivity contribution in [3.05, 3.63) is 0 Å². The SMILES string of the molecule is CC(C)N(C)S(=O)(=O)N(C)C1(CN)CCCC1. The second-order valence-corrected chi connectivity index (χ2v) is 7.24. The highest BCUT2D eigenvalue weighted by Gasteiger charge is 2.43. The molecule has 2 N–H and O–H groups in total. The largest absolute Gasteiger partial charge is 0.329 e. The van der Waals surface area contributed by atoms with Gasteiger partial charge in [-0.3, -0.25) is 0 Å². The molecule has 0 aromatic rings. The lowest BCUT2D eigenvalue weighted by Gasteiger charge is -2.39. The maximum Gasteiger partial charge on any atom is 0.282 e. The first-order valence-electron chi connectivity index (χ1n) is 6.20. The summed E-state index contributed by atoms with van der Waals surface area (Å²) >= 11 is 0. The Bertz CT molecular complexity index is 348. The minimum absolute atomic E-state index is 0.0429. The Labute approximate surface area is 105 Å². The van der Waals surface area contributed by atoms with Gasteiger partial charge in [0, 0.05) is 32.2 Å². The van der Waals surface area contributed by atoms with Crippen molar-refractivity contribution in [2.45, 2.75) is 51.1 Å². The third kappa shape index (κ3) is 2.65. The average Bonchev–Trinajstić information content (AvgIpc) is 2.76. The summed E-state index contributed by atoms with van der Waals surface area (Å²) < 4.78 is 27.7. The Balaban J connectivity index is 2.98. The van der Waals surface area contributed by atoms with Gasteiger partial charge in [0.25, 0.3) is 10.2 Å². The highest BCUT2D eigenvalue weighted by molar-refractivity contribution is 7.86. The molecule has 0 unspecified atom stereocenters. The van der Waals surface area contributed by atoms with Gasteiger partial charge in [-0.1, -0.05) is 12.8 Å².